The Morgan fingerprint density at radius 2 is 1.94 bits per heavy atom. The number of aryl methyl sites for hydroxylation is 3. The number of benzene rings is 1. The molecule has 94 valence electrons. The standard InChI is InChI=1S/C14H16N2O2/c1-10-15-12(13(14(17)18)16(10)2)9-8-11-6-4-3-5-7-11/h3-7H,8-9H2,1-2H3,(H,17,18). The third-order valence-corrected chi connectivity index (χ3v) is 3.09. The first-order valence-electron chi connectivity index (χ1n) is 5.89. The average molecular weight is 244 g/mol. The van der Waals surface area contributed by atoms with Gasteiger partial charge in [-0.3, -0.25) is 0 Å². The molecular weight excluding hydrogens is 228 g/mol. The largest absolute Gasteiger partial charge is 0.477 e. The minimum atomic E-state index is -0.916. The predicted molar refractivity (Wildman–Crippen MR) is 68.8 cm³/mol. The molecule has 2 aromatic rings. The number of hydrogen-bond acceptors (Lipinski definition) is 2. The highest BCUT2D eigenvalue weighted by molar-refractivity contribution is 5.87. The predicted octanol–water partition coefficient (Wildman–Crippen LogP) is 2.21. The molecule has 0 bridgehead atoms. The van der Waals surface area contributed by atoms with Crippen molar-refractivity contribution in [3.63, 3.8) is 0 Å². The number of rotatable bonds is 4. The first-order valence-corrected chi connectivity index (χ1v) is 5.89. The van der Waals surface area contributed by atoms with Gasteiger partial charge < -0.3 is 9.67 Å². The van der Waals surface area contributed by atoms with Gasteiger partial charge in [-0.2, -0.15) is 0 Å². The number of carboxylic acid groups (broad SMARTS) is 1. The SMILES string of the molecule is Cc1nc(CCc2ccccc2)c(C(=O)O)n1C. The second kappa shape index (κ2) is 5.04. The molecule has 0 aliphatic carbocycles. The molecule has 0 spiro atoms. The van der Waals surface area contributed by atoms with Gasteiger partial charge in [0.25, 0.3) is 0 Å². The van der Waals surface area contributed by atoms with Gasteiger partial charge in [-0.05, 0) is 25.3 Å². The molecule has 0 radical (unpaired) electrons. The van der Waals surface area contributed by atoms with E-state index in [0.717, 1.165) is 12.2 Å². The third kappa shape index (κ3) is 2.42. The zero-order valence-corrected chi connectivity index (χ0v) is 10.6. The van der Waals surface area contributed by atoms with Crippen LogP contribution < -0.4 is 0 Å². The van der Waals surface area contributed by atoms with Gasteiger partial charge in [0.05, 0.1) is 5.69 Å². The lowest BCUT2D eigenvalue weighted by Crippen LogP contribution is -2.08. The number of imidazole rings is 1. The molecule has 1 heterocycles. The highest BCUT2D eigenvalue weighted by Crippen LogP contribution is 2.13. The molecule has 1 N–H and O–H groups in total. The normalized spacial score (nSPS) is 10.6. The molecule has 0 atom stereocenters. The van der Waals surface area contributed by atoms with Crippen LogP contribution in [0.3, 0.4) is 0 Å². The molecule has 0 saturated carbocycles. The van der Waals surface area contributed by atoms with Crippen molar-refractivity contribution < 1.29 is 9.90 Å². The van der Waals surface area contributed by atoms with Crippen LogP contribution in [-0.2, 0) is 19.9 Å². The molecule has 0 amide bonds. The van der Waals surface area contributed by atoms with Crippen molar-refractivity contribution in [1.29, 1.82) is 0 Å². The van der Waals surface area contributed by atoms with E-state index in [0.29, 0.717) is 17.8 Å². The van der Waals surface area contributed by atoms with Crippen molar-refractivity contribution in [1.82, 2.24) is 9.55 Å². The summed E-state index contributed by atoms with van der Waals surface area (Å²) in [6, 6.07) is 10.0. The second-order valence-electron chi connectivity index (χ2n) is 4.30. The second-order valence-corrected chi connectivity index (χ2v) is 4.30. The van der Waals surface area contributed by atoms with E-state index < -0.39 is 5.97 Å². The van der Waals surface area contributed by atoms with Gasteiger partial charge in [-0.25, -0.2) is 9.78 Å². The van der Waals surface area contributed by atoms with E-state index in [2.05, 4.69) is 4.98 Å². The van der Waals surface area contributed by atoms with Crippen LogP contribution in [0.4, 0.5) is 0 Å². The molecule has 0 unspecified atom stereocenters. The Morgan fingerprint density at radius 3 is 2.56 bits per heavy atom. The molecule has 2 rings (SSSR count). The van der Waals surface area contributed by atoms with Crippen LogP contribution in [0.5, 0.6) is 0 Å². The summed E-state index contributed by atoms with van der Waals surface area (Å²) in [7, 11) is 1.73. The van der Waals surface area contributed by atoms with E-state index in [9.17, 15) is 9.90 Å². The van der Waals surface area contributed by atoms with Gasteiger partial charge in [0, 0.05) is 7.05 Å². The zero-order chi connectivity index (χ0) is 13.1. The summed E-state index contributed by atoms with van der Waals surface area (Å²) in [4.78, 5) is 15.5. The Morgan fingerprint density at radius 1 is 1.28 bits per heavy atom. The van der Waals surface area contributed by atoms with Crippen LogP contribution in [0.2, 0.25) is 0 Å². The summed E-state index contributed by atoms with van der Waals surface area (Å²) in [6.45, 7) is 1.82. The molecule has 0 aliphatic heterocycles. The molecule has 1 aromatic heterocycles. The fourth-order valence-corrected chi connectivity index (χ4v) is 2.03. The van der Waals surface area contributed by atoms with Gasteiger partial charge in [0.15, 0.2) is 0 Å². The van der Waals surface area contributed by atoms with Crippen molar-refractivity contribution in [3.05, 3.63) is 53.1 Å². The van der Waals surface area contributed by atoms with Crippen LogP contribution in [0, 0.1) is 6.92 Å². The molecule has 4 nitrogen and oxygen atoms in total. The minimum absolute atomic E-state index is 0.295. The molecule has 4 heteroatoms. The summed E-state index contributed by atoms with van der Waals surface area (Å²) >= 11 is 0. The zero-order valence-electron chi connectivity index (χ0n) is 10.6. The van der Waals surface area contributed by atoms with Crippen molar-refractivity contribution >= 4 is 5.97 Å². The summed E-state index contributed by atoms with van der Waals surface area (Å²) in [6.07, 6.45) is 1.45. The number of aromatic nitrogens is 2. The summed E-state index contributed by atoms with van der Waals surface area (Å²) in [5, 5.41) is 9.20. The van der Waals surface area contributed by atoms with Gasteiger partial charge in [-0.15, -0.1) is 0 Å². The fraction of sp³-hybridized carbons (Fsp3) is 0.286. The first kappa shape index (κ1) is 12.4. The first-order chi connectivity index (χ1) is 8.59. The maximum atomic E-state index is 11.2. The minimum Gasteiger partial charge on any atom is -0.477 e. The Kier molecular flexibility index (Phi) is 3.46. The molecule has 0 saturated heterocycles. The van der Waals surface area contributed by atoms with Crippen molar-refractivity contribution in [2.24, 2.45) is 7.05 Å². The quantitative estimate of drug-likeness (QED) is 0.897. The van der Waals surface area contributed by atoms with Crippen molar-refractivity contribution in [3.8, 4) is 0 Å². The molecule has 0 aliphatic rings. The Balaban J connectivity index is 2.20. The molecule has 18 heavy (non-hydrogen) atoms. The lowest BCUT2D eigenvalue weighted by Gasteiger charge is -2.02. The topological polar surface area (TPSA) is 55.1 Å². The maximum absolute atomic E-state index is 11.2. The van der Waals surface area contributed by atoms with E-state index in [1.807, 2.05) is 37.3 Å². The summed E-state index contributed by atoms with van der Waals surface area (Å²) < 4.78 is 1.63. The highest BCUT2D eigenvalue weighted by Gasteiger charge is 2.18. The highest BCUT2D eigenvalue weighted by atomic mass is 16.4. The molecule has 1 aromatic carbocycles. The van der Waals surface area contributed by atoms with Crippen LogP contribution in [0.1, 0.15) is 27.6 Å². The number of hydrogen-bond donors (Lipinski definition) is 1. The van der Waals surface area contributed by atoms with Crippen LogP contribution >= 0.6 is 0 Å². The Labute approximate surface area is 106 Å². The van der Waals surface area contributed by atoms with Gasteiger partial charge in [0.2, 0.25) is 0 Å². The monoisotopic (exact) mass is 244 g/mol. The number of nitrogens with zero attached hydrogens (tertiary/aromatic N) is 2. The Bertz CT molecular complexity index is 559. The summed E-state index contributed by atoms with van der Waals surface area (Å²) in [5.74, 6) is -0.184. The summed E-state index contributed by atoms with van der Waals surface area (Å²) in [5.41, 5.74) is 2.15. The van der Waals surface area contributed by atoms with E-state index in [4.69, 9.17) is 0 Å². The number of carboxylic acids is 1. The third-order valence-electron chi connectivity index (χ3n) is 3.09. The average Bonchev–Trinajstić information content (AvgIpc) is 2.64. The fourth-order valence-electron chi connectivity index (χ4n) is 2.03. The van der Waals surface area contributed by atoms with Crippen LogP contribution in [0.25, 0.3) is 0 Å². The van der Waals surface area contributed by atoms with Gasteiger partial charge in [-0.1, -0.05) is 30.3 Å². The number of aromatic carboxylic acids is 1. The van der Waals surface area contributed by atoms with Crippen LogP contribution in [-0.4, -0.2) is 20.6 Å². The van der Waals surface area contributed by atoms with Crippen molar-refractivity contribution in [2.75, 3.05) is 0 Å². The lowest BCUT2D eigenvalue weighted by atomic mass is 10.1. The van der Waals surface area contributed by atoms with E-state index in [1.165, 1.54) is 5.56 Å². The van der Waals surface area contributed by atoms with Gasteiger partial charge >= 0.3 is 5.97 Å². The van der Waals surface area contributed by atoms with E-state index in [-0.39, 0.29) is 0 Å². The maximum Gasteiger partial charge on any atom is 0.354 e. The smallest absolute Gasteiger partial charge is 0.354 e. The lowest BCUT2D eigenvalue weighted by molar-refractivity contribution is 0.0685. The van der Waals surface area contributed by atoms with Crippen LogP contribution in [0.15, 0.2) is 30.3 Å². The van der Waals surface area contributed by atoms with Gasteiger partial charge in [0.1, 0.15) is 11.5 Å². The molecular formula is C14H16N2O2. The molecule has 0 fully saturated rings. The number of carbonyl (C=O) groups is 1. The van der Waals surface area contributed by atoms with E-state index >= 15 is 0 Å². The Hall–Kier alpha value is -2.10. The van der Waals surface area contributed by atoms with E-state index in [1.54, 1.807) is 11.6 Å². The van der Waals surface area contributed by atoms with Crippen molar-refractivity contribution in [2.45, 2.75) is 19.8 Å².